The molecule has 156 valence electrons. The first-order valence-corrected chi connectivity index (χ1v) is 9.64. The molecule has 1 aliphatic heterocycles. The highest BCUT2D eigenvalue weighted by atomic mass is 19.4. The Morgan fingerprint density at radius 3 is 2.47 bits per heavy atom. The number of hydrogen-bond acceptors (Lipinski definition) is 4. The Hall–Kier alpha value is -3.29. The fourth-order valence-corrected chi connectivity index (χ4v) is 3.66. The second-order valence-electron chi connectivity index (χ2n) is 7.21. The summed E-state index contributed by atoms with van der Waals surface area (Å²) in [6.07, 6.45) is -2.60. The topological polar surface area (TPSA) is 58.4 Å². The SMILES string of the molecule is Cc1onc(-c2ccccc2)c1C(=O)Nc1cc(C(F)(F)F)ccc1N1CCCC1. The molecule has 30 heavy (non-hydrogen) atoms. The number of rotatable bonds is 4. The molecule has 5 nitrogen and oxygen atoms in total. The van der Waals surface area contributed by atoms with Crippen LogP contribution < -0.4 is 10.2 Å². The molecular weight excluding hydrogens is 395 g/mol. The van der Waals surface area contributed by atoms with Crippen molar-refractivity contribution in [3.8, 4) is 11.3 Å². The number of halogens is 3. The van der Waals surface area contributed by atoms with Crippen molar-refractivity contribution in [2.45, 2.75) is 25.9 Å². The largest absolute Gasteiger partial charge is 0.416 e. The minimum Gasteiger partial charge on any atom is -0.370 e. The van der Waals surface area contributed by atoms with Gasteiger partial charge in [0.2, 0.25) is 0 Å². The third kappa shape index (κ3) is 3.90. The van der Waals surface area contributed by atoms with Crippen molar-refractivity contribution in [3.05, 3.63) is 65.4 Å². The Morgan fingerprint density at radius 1 is 1.10 bits per heavy atom. The van der Waals surface area contributed by atoms with Gasteiger partial charge >= 0.3 is 6.18 Å². The number of alkyl halides is 3. The number of nitrogens with one attached hydrogen (secondary N) is 1. The van der Waals surface area contributed by atoms with Crippen LogP contribution in [0.25, 0.3) is 11.3 Å². The number of aromatic nitrogens is 1. The molecule has 1 fully saturated rings. The Balaban J connectivity index is 1.72. The molecule has 8 heteroatoms. The van der Waals surface area contributed by atoms with E-state index in [1.165, 1.54) is 6.07 Å². The second kappa shape index (κ2) is 7.85. The van der Waals surface area contributed by atoms with Gasteiger partial charge in [0, 0.05) is 18.7 Å². The van der Waals surface area contributed by atoms with Crippen molar-refractivity contribution in [1.29, 1.82) is 0 Å². The molecule has 3 aromatic rings. The minimum atomic E-state index is -4.51. The van der Waals surface area contributed by atoms with E-state index in [0.717, 1.165) is 38.1 Å². The summed E-state index contributed by atoms with van der Waals surface area (Å²) in [4.78, 5) is 15.1. The Kier molecular flexibility index (Phi) is 5.24. The first kappa shape index (κ1) is 20.0. The maximum absolute atomic E-state index is 13.3. The van der Waals surface area contributed by atoms with E-state index in [1.807, 2.05) is 11.0 Å². The van der Waals surface area contributed by atoms with Crippen LogP contribution in [0.15, 0.2) is 53.1 Å². The van der Waals surface area contributed by atoms with Crippen LogP contribution in [0.4, 0.5) is 24.5 Å². The lowest BCUT2D eigenvalue weighted by Gasteiger charge is -2.23. The van der Waals surface area contributed by atoms with Crippen molar-refractivity contribution in [2.75, 3.05) is 23.3 Å². The Labute approximate surface area is 171 Å². The van der Waals surface area contributed by atoms with Crippen molar-refractivity contribution in [3.63, 3.8) is 0 Å². The van der Waals surface area contributed by atoms with Gasteiger partial charge < -0.3 is 14.7 Å². The fourth-order valence-electron chi connectivity index (χ4n) is 3.66. The van der Waals surface area contributed by atoms with Gasteiger partial charge in [0.25, 0.3) is 5.91 Å². The lowest BCUT2D eigenvalue weighted by atomic mass is 10.1. The molecule has 1 amide bonds. The zero-order valence-corrected chi connectivity index (χ0v) is 16.3. The second-order valence-corrected chi connectivity index (χ2v) is 7.21. The molecule has 0 bridgehead atoms. The lowest BCUT2D eigenvalue weighted by Crippen LogP contribution is -2.22. The highest BCUT2D eigenvalue weighted by Gasteiger charge is 2.32. The van der Waals surface area contributed by atoms with Crippen molar-refractivity contribution in [1.82, 2.24) is 5.16 Å². The molecule has 1 saturated heterocycles. The molecule has 2 aromatic carbocycles. The highest BCUT2D eigenvalue weighted by Crippen LogP contribution is 2.37. The zero-order valence-electron chi connectivity index (χ0n) is 16.3. The van der Waals surface area contributed by atoms with Gasteiger partial charge in [-0.1, -0.05) is 35.5 Å². The summed E-state index contributed by atoms with van der Waals surface area (Å²) in [6.45, 7) is 3.06. The predicted molar refractivity (Wildman–Crippen MR) is 108 cm³/mol. The number of anilines is 2. The third-order valence-corrected chi connectivity index (χ3v) is 5.16. The van der Waals surface area contributed by atoms with E-state index >= 15 is 0 Å². The summed E-state index contributed by atoms with van der Waals surface area (Å²) >= 11 is 0. The van der Waals surface area contributed by atoms with Gasteiger partial charge in [-0.2, -0.15) is 13.2 Å². The molecule has 0 atom stereocenters. The van der Waals surface area contributed by atoms with Crippen LogP contribution >= 0.6 is 0 Å². The molecule has 0 saturated carbocycles. The normalized spacial score (nSPS) is 14.2. The van der Waals surface area contributed by atoms with Crippen LogP contribution in [0, 0.1) is 6.92 Å². The number of benzene rings is 2. The van der Waals surface area contributed by atoms with Crippen LogP contribution in [0.2, 0.25) is 0 Å². The minimum absolute atomic E-state index is 0.122. The van der Waals surface area contributed by atoms with E-state index < -0.39 is 17.6 Å². The molecule has 0 aliphatic carbocycles. The van der Waals surface area contributed by atoms with Crippen molar-refractivity contribution >= 4 is 17.3 Å². The number of nitrogens with zero attached hydrogens (tertiary/aromatic N) is 2. The summed E-state index contributed by atoms with van der Waals surface area (Å²) in [6, 6.07) is 12.5. The summed E-state index contributed by atoms with van der Waals surface area (Å²) in [5.74, 6) is -0.270. The standard InChI is InChI=1S/C22H20F3N3O2/c1-14-19(20(27-30-14)15-7-3-2-4-8-15)21(29)26-17-13-16(22(23,24)25)9-10-18(17)28-11-5-6-12-28/h2-4,7-10,13H,5-6,11-12H2,1H3,(H,26,29). The van der Waals surface area contributed by atoms with E-state index in [0.29, 0.717) is 22.7 Å². The maximum Gasteiger partial charge on any atom is 0.416 e. The molecule has 4 rings (SSSR count). The van der Waals surface area contributed by atoms with Gasteiger partial charge in [-0.25, -0.2) is 0 Å². The molecule has 2 heterocycles. The number of carbonyl (C=O) groups is 1. The van der Waals surface area contributed by atoms with Crippen molar-refractivity contribution in [2.24, 2.45) is 0 Å². The van der Waals surface area contributed by atoms with Crippen LogP contribution in [0.5, 0.6) is 0 Å². The number of hydrogen-bond donors (Lipinski definition) is 1. The number of amides is 1. The summed E-state index contributed by atoms with van der Waals surface area (Å²) < 4.78 is 45.1. The maximum atomic E-state index is 13.3. The van der Waals surface area contributed by atoms with Crippen LogP contribution in [-0.2, 0) is 6.18 Å². The summed E-state index contributed by atoms with van der Waals surface area (Å²) in [7, 11) is 0. The Bertz CT molecular complexity index is 1060. The first-order chi connectivity index (χ1) is 14.3. The summed E-state index contributed by atoms with van der Waals surface area (Å²) in [5.41, 5.74) is 1.11. The van der Waals surface area contributed by atoms with Crippen LogP contribution in [0.3, 0.4) is 0 Å². The van der Waals surface area contributed by atoms with Gasteiger partial charge in [-0.15, -0.1) is 0 Å². The van der Waals surface area contributed by atoms with Gasteiger partial charge in [0.15, 0.2) is 0 Å². The highest BCUT2D eigenvalue weighted by molar-refractivity contribution is 6.10. The van der Waals surface area contributed by atoms with Gasteiger partial charge in [-0.05, 0) is 38.0 Å². The molecule has 0 radical (unpaired) electrons. The van der Waals surface area contributed by atoms with E-state index in [2.05, 4.69) is 10.5 Å². The average molecular weight is 415 g/mol. The third-order valence-electron chi connectivity index (χ3n) is 5.16. The zero-order chi connectivity index (χ0) is 21.3. The quantitative estimate of drug-likeness (QED) is 0.610. The van der Waals surface area contributed by atoms with E-state index in [4.69, 9.17) is 4.52 Å². The van der Waals surface area contributed by atoms with E-state index in [1.54, 1.807) is 31.2 Å². The lowest BCUT2D eigenvalue weighted by molar-refractivity contribution is -0.137. The molecule has 1 N–H and O–H groups in total. The van der Waals surface area contributed by atoms with Crippen LogP contribution in [-0.4, -0.2) is 24.2 Å². The Morgan fingerprint density at radius 2 is 1.80 bits per heavy atom. The molecule has 0 spiro atoms. The molecular formula is C22H20F3N3O2. The van der Waals surface area contributed by atoms with E-state index in [-0.39, 0.29) is 11.3 Å². The molecule has 1 aliphatic rings. The number of aryl methyl sites for hydroxylation is 1. The number of carbonyl (C=O) groups excluding carboxylic acids is 1. The monoisotopic (exact) mass is 415 g/mol. The van der Waals surface area contributed by atoms with Crippen LogP contribution in [0.1, 0.15) is 34.5 Å². The molecule has 0 unspecified atom stereocenters. The van der Waals surface area contributed by atoms with Gasteiger partial charge in [0.05, 0.1) is 16.9 Å². The smallest absolute Gasteiger partial charge is 0.370 e. The predicted octanol–water partition coefficient (Wildman–Crippen LogP) is 5.52. The van der Waals surface area contributed by atoms with Gasteiger partial charge in [0.1, 0.15) is 17.0 Å². The fraction of sp³-hybridized carbons (Fsp3) is 0.273. The van der Waals surface area contributed by atoms with Gasteiger partial charge in [-0.3, -0.25) is 4.79 Å². The van der Waals surface area contributed by atoms with Crippen molar-refractivity contribution < 1.29 is 22.5 Å². The average Bonchev–Trinajstić information content (AvgIpc) is 3.38. The molecule has 1 aromatic heterocycles. The first-order valence-electron chi connectivity index (χ1n) is 9.64. The van der Waals surface area contributed by atoms with E-state index in [9.17, 15) is 18.0 Å². The summed E-state index contributed by atoms with van der Waals surface area (Å²) in [5, 5.41) is 6.65.